The first-order valence-electron chi connectivity index (χ1n) is 21.2. The number of anilines is 2. The maximum absolute atomic E-state index is 13.1. The fraction of sp³-hybridized carbons (Fsp3) is 0.545. The number of hydrogen-bond donors (Lipinski definition) is 3. The molecule has 2 aliphatic heterocycles. The highest BCUT2D eigenvalue weighted by Gasteiger charge is 2.38. The quantitative estimate of drug-likeness (QED) is 0.0709. The zero-order valence-electron chi connectivity index (χ0n) is 34.7. The maximum atomic E-state index is 13.1. The summed E-state index contributed by atoms with van der Waals surface area (Å²) < 4.78 is 33.6. The van der Waals surface area contributed by atoms with Gasteiger partial charge in [0.2, 0.25) is 0 Å². The van der Waals surface area contributed by atoms with E-state index in [1.165, 1.54) is 35.4 Å². The molecule has 11 nitrogen and oxygen atoms in total. The van der Waals surface area contributed by atoms with Gasteiger partial charge in [-0.1, -0.05) is 43.9 Å². The molecule has 2 aromatic carbocycles. The molecule has 2 aromatic heterocycles. The lowest BCUT2D eigenvalue weighted by Crippen LogP contribution is -2.43. The van der Waals surface area contributed by atoms with Crippen LogP contribution in [0.15, 0.2) is 70.5 Å². The number of ether oxygens (including phenoxy) is 1. The van der Waals surface area contributed by atoms with Crippen molar-refractivity contribution in [3.05, 3.63) is 116 Å². The van der Waals surface area contributed by atoms with Crippen LogP contribution in [0.2, 0.25) is 25.7 Å². The standard InChI is InChI=1S/C25H37FN4O2Si.C19H23FN4O.ClH/c1-33(2,3)15-14-32-18-30-17-21(28-24(25(30)31)29-12-5-13-29)6-4-11-27-23-16-22(23)19-7-9-20(26)10-8-19;20-14-6-4-13(5-7-14)16-11-17(16)21-8-1-3-15-12-22-19(25)18(23-15)24-9-2-10-24;/h7-10,17,22-23,27H,4-6,11-16,18H2,1-3H3;4-7,12,16-17,21H,1-3,8-11H2,(H,22,25);1H/t22-,23+;16-,17+;/m00./s1. The second kappa shape index (κ2) is 20.5. The molecule has 4 fully saturated rings. The lowest BCUT2D eigenvalue weighted by atomic mass is 10.1. The van der Waals surface area contributed by atoms with Crippen molar-refractivity contribution in [2.45, 2.75) is 108 Å². The molecule has 59 heavy (non-hydrogen) atoms. The van der Waals surface area contributed by atoms with Crippen LogP contribution >= 0.6 is 12.4 Å². The first-order chi connectivity index (χ1) is 28.0. The smallest absolute Gasteiger partial charge is 0.295 e. The number of aromatic amines is 1. The van der Waals surface area contributed by atoms with E-state index in [2.05, 4.69) is 45.1 Å². The zero-order valence-corrected chi connectivity index (χ0v) is 36.5. The summed E-state index contributed by atoms with van der Waals surface area (Å²) in [6.45, 7) is 13.4. The van der Waals surface area contributed by atoms with E-state index < -0.39 is 8.07 Å². The molecule has 4 aliphatic rings. The van der Waals surface area contributed by atoms with Crippen LogP contribution in [-0.2, 0) is 24.3 Å². The second-order valence-corrected chi connectivity index (χ2v) is 23.1. The Morgan fingerprint density at radius 1 is 0.763 bits per heavy atom. The van der Waals surface area contributed by atoms with Gasteiger partial charge in [-0.15, -0.1) is 12.4 Å². The number of hydrogen-bond acceptors (Lipinski definition) is 9. The molecular formula is C44H61ClF2N8O3Si. The molecular weight excluding hydrogens is 790 g/mol. The van der Waals surface area contributed by atoms with Crippen molar-refractivity contribution in [1.82, 2.24) is 30.2 Å². The fourth-order valence-corrected chi connectivity index (χ4v) is 8.24. The average Bonchev–Trinajstić information content (AvgIpc) is 4.09. The summed E-state index contributed by atoms with van der Waals surface area (Å²) in [5, 5.41) is 7.17. The molecule has 15 heteroatoms. The summed E-state index contributed by atoms with van der Waals surface area (Å²) in [6.07, 6.45) is 11.6. The lowest BCUT2D eigenvalue weighted by molar-refractivity contribution is 0.0844. The van der Waals surface area contributed by atoms with Crippen LogP contribution in [0.4, 0.5) is 20.4 Å². The van der Waals surface area contributed by atoms with Crippen LogP contribution in [-0.4, -0.2) is 85.6 Å². The summed E-state index contributed by atoms with van der Waals surface area (Å²) >= 11 is 0. The van der Waals surface area contributed by atoms with Gasteiger partial charge < -0.3 is 30.2 Å². The topological polar surface area (TPSA) is 120 Å². The van der Waals surface area contributed by atoms with Gasteiger partial charge >= 0.3 is 0 Å². The van der Waals surface area contributed by atoms with E-state index in [0.717, 1.165) is 108 Å². The third-order valence-electron chi connectivity index (χ3n) is 11.6. The molecule has 2 saturated heterocycles. The maximum Gasteiger partial charge on any atom is 0.295 e. The molecule has 0 amide bonds. The number of rotatable bonds is 19. The van der Waals surface area contributed by atoms with Crippen LogP contribution in [0, 0.1) is 11.6 Å². The van der Waals surface area contributed by atoms with Gasteiger partial charge in [-0.05, 0) is 106 Å². The van der Waals surface area contributed by atoms with E-state index in [0.29, 0.717) is 48.9 Å². The van der Waals surface area contributed by atoms with Gasteiger partial charge in [0, 0.05) is 77.2 Å². The van der Waals surface area contributed by atoms with Crippen LogP contribution in [0.25, 0.3) is 0 Å². The van der Waals surface area contributed by atoms with Crippen molar-refractivity contribution in [3.63, 3.8) is 0 Å². The summed E-state index contributed by atoms with van der Waals surface area (Å²) in [6, 6.07) is 15.7. The Morgan fingerprint density at radius 2 is 1.27 bits per heavy atom. The van der Waals surface area contributed by atoms with Gasteiger partial charge in [-0.3, -0.25) is 14.2 Å². The van der Waals surface area contributed by atoms with Gasteiger partial charge in [-0.25, -0.2) is 18.7 Å². The molecule has 3 N–H and O–H groups in total. The van der Waals surface area contributed by atoms with E-state index in [1.807, 2.05) is 35.4 Å². The molecule has 0 unspecified atom stereocenters. The summed E-state index contributed by atoms with van der Waals surface area (Å²) in [7, 11) is -1.16. The van der Waals surface area contributed by atoms with Crippen molar-refractivity contribution in [3.8, 4) is 0 Å². The minimum Gasteiger partial charge on any atom is -0.361 e. The highest BCUT2D eigenvalue weighted by molar-refractivity contribution is 6.76. The monoisotopic (exact) mass is 850 g/mol. The van der Waals surface area contributed by atoms with Crippen molar-refractivity contribution in [1.29, 1.82) is 0 Å². The Labute approximate surface area is 353 Å². The van der Waals surface area contributed by atoms with Gasteiger partial charge in [0.15, 0.2) is 11.6 Å². The predicted octanol–water partition coefficient (Wildman–Crippen LogP) is 6.60. The second-order valence-electron chi connectivity index (χ2n) is 17.5. The van der Waals surface area contributed by atoms with Gasteiger partial charge in [-0.2, -0.15) is 0 Å². The SMILES string of the molecule is C[Si](C)(C)CCOCn1cc(CCCN[C@@H]2C[C@H]2c2ccc(F)cc2)nc(N2CCC2)c1=O.Cl.O=c1[nH]cc(CCCN[C@@H]2C[C@H]2c2ccc(F)cc2)nc1N1CCC1. The van der Waals surface area contributed by atoms with Crippen molar-refractivity contribution >= 4 is 32.1 Å². The molecule has 0 spiro atoms. The number of benzene rings is 2. The zero-order chi connectivity index (χ0) is 40.6. The van der Waals surface area contributed by atoms with Crippen LogP contribution in [0.5, 0.6) is 0 Å². The number of nitrogens with zero attached hydrogens (tertiary/aromatic N) is 5. The van der Waals surface area contributed by atoms with Gasteiger partial charge in [0.05, 0.1) is 11.4 Å². The van der Waals surface area contributed by atoms with Crippen molar-refractivity contribution in [2.75, 3.05) is 55.7 Å². The summed E-state index contributed by atoms with van der Waals surface area (Å²) in [5.41, 5.74) is 4.15. The lowest BCUT2D eigenvalue weighted by Gasteiger charge is -2.31. The van der Waals surface area contributed by atoms with E-state index in [1.54, 1.807) is 10.8 Å². The minimum atomic E-state index is -1.16. The molecule has 8 rings (SSSR count). The van der Waals surface area contributed by atoms with Gasteiger partial charge in [0.1, 0.15) is 18.4 Å². The third-order valence-corrected chi connectivity index (χ3v) is 13.3. The van der Waals surface area contributed by atoms with Crippen LogP contribution in [0.3, 0.4) is 0 Å². The molecule has 4 aromatic rings. The minimum absolute atomic E-state index is 0. The Kier molecular flexibility index (Phi) is 15.5. The number of aromatic nitrogens is 4. The van der Waals surface area contributed by atoms with E-state index in [-0.39, 0.29) is 35.2 Å². The number of nitrogens with one attached hydrogen (secondary N) is 3. The number of aryl methyl sites for hydroxylation is 2. The van der Waals surface area contributed by atoms with E-state index in [9.17, 15) is 18.4 Å². The molecule has 2 saturated carbocycles. The number of halogens is 3. The molecule has 0 bridgehead atoms. The number of H-pyrrole nitrogens is 1. The van der Waals surface area contributed by atoms with Crippen LogP contribution < -0.4 is 31.6 Å². The normalized spacial score (nSPS) is 20.5. The molecule has 4 atom stereocenters. The largest absolute Gasteiger partial charge is 0.361 e. The van der Waals surface area contributed by atoms with E-state index >= 15 is 0 Å². The first kappa shape index (κ1) is 44.6. The van der Waals surface area contributed by atoms with Crippen molar-refractivity contribution in [2.24, 2.45) is 0 Å². The summed E-state index contributed by atoms with van der Waals surface area (Å²) in [5.74, 6) is 1.76. The fourth-order valence-electron chi connectivity index (χ4n) is 7.49. The molecule has 320 valence electrons. The first-order valence-corrected chi connectivity index (χ1v) is 25.0. The average molecular weight is 852 g/mol. The Balaban J connectivity index is 0.000000202. The van der Waals surface area contributed by atoms with Crippen LogP contribution in [0.1, 0.15) is 72.9 Å². The highest BCUT2D eigenvalue weighted by atomic mass is 35.5. The highest BCUT2D eigenvalue weighted by Crippen LogP contribution is 2.41. The Hall–Kier alpha value is -3.95. The third kappa shape index (κ3) is 12.8. The molecule has 0 radical (unpaired) electrons. The molecule has 2 aliphatic carbocycles. The molecule has 4 heterocycles. The Morgan fingerprint density at radius 3 is 1.78 bits per heavy atom. The van der Waals surface area contributed by atoms with E-state index in [4.69, 9.17) is 9.72 Å². The van der Waals surface area contributed by atoms with Crippen molar-refractivity contribution < 1.29 is 13.5 Å². The van der Waals surface area contributed by atoms with Gasteiger partial charge in [0.25, 0.3) is 11.1 Å². The predicted molar refractivity (Wildman–Crippen MR) is 236 cm³/mol. The summed E-state index contributed by atoms with van der Waals surface area (Å²) in [4.78, 5) is 40.9. The Bertz CT molecular complexity index is 2070.